The quantitative estimate of drug-likeness (QED) is 0.899. The van der Waals surface area contributed by atoms with Gasteiger partial charge in [0.05, 0.1) is 5.92 Å². The van der Waals surface area contributed by atoms with Gasteiger partial charge >= 0.3 is 5.97 Å². The maximum absolute atomic E-state index is 12.1. The van der Waals surface area contributed by atoms with Crippen LogP contribution in [0.5, 0.6) is 0 Å². The van der Waals surface area contributed by atoms with Gasteiger partial charge in [-0.25, -0.2) is 0 Å². The number of aliphatic carboxylic acids is 1. The van der Waals surface area contributed by atoms with E-state index in [1.807, 2.05) is 4.90 Å². The van der Waals surface area contributed by atoms with Crippen molar-refractivity contribution in [3.8, 4) is 0 Å². The second-order valence-corrected chi connectivity index (χ2v) is 7.44. The van der Waals surface area contributed by atoms with Gasteiger partial charge in [-0.2, -0.15) is 0 Å². The van der Waals surface area contributed by atoms with Crippen LogP contribution in [0.3, 0.4) is 0 Å². The number of hydrogen-bond acceptors (Lipinski definition) is 3. The summed E-state index contributed by atoms with van der Waals surface area (Å²) in [6.07, 6.45) is 3.72. The SMILES string of the molecule is O=C(O)C1CC(=O)N(C2CCN(Cc3ccccc3C3CC3)C2)C1. The molecule has 3 aliphatic rings. The number of amides is 1. The summed E-state index contributed by atoms with van der Waals surface area (Å²) >= 11 is 0. The van der Waals surface area contributed by atoms with Crippen molar-refractivity contribution >= 4 is 11.9 Å². The first-order valence-electron chi connectivity index (χ1n) is 8.94. The topological polar surface area (TPSA) is 60.9 Å². The van der Waals surface area contributed by atoms with Crippen LogP contribution in [0.2, 0.25) is 0 Å². The molecule has 2 aliphatic heterocycles. The van der Waals surface area contributed by atoms with Crippen molar-refractivity contribution in [2.24, 2.45) is 5.92 Å². The molecule has 0 spiro atoms. The van der Waals surface area contributed by atoms with E-state index in [0.29, 0.717) is 6.54 Å². The Morgan fingerprint density at radius 3 is 2.67 bits per heavy atom. The van der Waals surface area contributed by atoms with Crippen LogP contribution in [0.4, 0.5) is 0 Å². The molecule has 1 saturated carbocycles. The summed E-state index contributed by atoms with van der Waals surface area (Å²) in [5, 5.41) is 9.14. The van der Waals surface area contributed by atoms with Crippen molar-refractivity contribution in [1.29, 1.82) is 0 Å². The highest BCUT2D eigenvalue weighted by atomic mass is 16.4. The summed E-state index contributed by atoms with van der Waals surface area (Å²) in [6, 6.07) is 8.88. The molecule has 1 aromatic carbocycles. The summed E-state index contributed by atoms with van der Waals surface area (Å²) in [5.41, 5.74) is 2.90. The van der Waals surface area contributed by atoms with Crippen molar-refractivity contribution in [1.82, 2.24) is 9.80 Å². The minimum Gasteiger partial charge on any atom is -0.481 e. The smallest absolute Gasteiger partial charge is 0.308 e. The predicted octanol–water partition coefficient (Wildman–Crippen LogP) is 2.07. The Labute approximate surface area is 142 Å². The Hall–Kier alpha value is -1.88. The van der Waals surface area contributed by atoms with Crippen LogP contribution >= 0.6 is 0 Å². The standard InChI is InChI=1S/C19H24N2O3/c22-18-9-15(19(23)24)11-21(18)16-7-8-20(12-16)10-14-3-1-2-4-17(14)13-5-6-13/h1-4,13,15-16H,5-12H2,(H,23,24). The van der Waals surface area contributed by atoms with Crippen LogP contribution < -0.4 is 0 Å². The lowest BCUT2D eigenvalue weighted by Crippen LogP contribution is -2.39. The third-order valence-electron chi connectivity index (χ3n) is 5.66. The Balaban J connectivity index is 1.39. The maximum atomic E-state index is 12.1. The number of carbonyl (C=O) groups excluding carboxylic acids is 1. The lowest BCUT2D eigenvalue weighted by Gasteiger charge is -2.25. The van der Waals surface area contributed by atoms with Gasteiger partial charge in [-0.15, -0.1) is 0 Å². The number of benzene rings is 1. The molecule has 2 unspecified atom stereocenters. The molecule has 0 aromatic heterocycles. The summed E-state index contributed by atoms with van der Waals surface area (Å²) in [4.78, 5) is 27.5. The highest BCUT2D eigenvalue weighted by Crippen LogP contribution is 2.42. The van der Waals surface area contributed by atoms with E-state index in [4.69, 9.17) is 5.11 Å². The fourth-order valence-corrected chi connectivity index (χ4v) is 4.17. The van der Waals surface area contributed by atoms with Crippen molar-refractivity contribution in [2.45, 2.75) is 44.2 Å². The van der Waals surface area contributed by atoms with Crippen LogP contribution in [0.15, 0.2) is 24.3 Å². The summed E-state index contributed by atoms with van der Waals surface area (Å²) in [7, 11) is 0. The average molecular weight is 328 g/mol. The third kappa shape index (κ3) is 3.05. The molecule has 0 radical (unpaired) electrons. The predicted molar refractivity (Wildman–Crippen MR) is 89.6 cm³/mol. The van der Waals surface area contributed by atoms with Gasteiger partial charge in [-0.3, -0.25) is 14.5 Å². The first kappa shape index (κ1) is 15.6. The van der Waals surface area contributed by atoms with E-state index < -0.39 is 11.9 Å². The molecule has 2 atom stereocenters. The van der Waals surface area contributed by atoms with Gasteiger partial charge in [0.15, 0.2) is 0 Å². The Morgan fingerprint density at radius 1 is 1.17 bits per heavy atom. The number of carboxylic acid groups (broad SMARTS) is 1. The largest absolute Gasteiger partial charge is 0.481 e. The Kier molecular flexibility index (Phi) is 4.04. The summed E-state index contributed by atoms with van der Waals surface area (Å²) in [5.74, 6) is -0.620. The van der Waals surface area contributed by atoms with Gasteiger partial charge in [0.25, 0.3) is 0 Å². The normalized spacial score (nSPS) is 27.8. The van der Waals surface area contributed by atoms with E-state index in [1.165, 1.54) is 24.0 Å². The number of hydrogen-bond donors (Lipinski definition) is 1. The molecule has 3 fully saturated rings. The molecular formula is C19H24N2O3. The fraction of sp³-hybridized carbons (Fsp3) is 0.579. The first-order chi connectivity index (χ1) is 11.6. The van der Waals surface area contributed by atoms with E-state index in [0.717, 1.165) is 32.0 Å². The van der Waals surface area contributed by atoms with E-state index in [9.17, 15) is 9.59 Å². The molecule has 1 aromatic rings. The maximum Gasteiger partial charge on any atom is 0.308 e. The highest BCUT2D eigenvalue weighted by molar-refractivity contribution is 5.86. The number of likely N-dealkylation sites (tertiary alicyclic amines) is 2. The van der Waals surface area contributed by atoms with Gasteiger partial charge in [0, 0.05) is 38.6 Å². The summed E-state index contributed by atoms with van der Waals surface area (Å²) < 4.78 is 0. The zero-order chi connectivity index (χ0) is 16.7. The Morgan fingerprint density at radius 2 is 1.96 bits per heavy atom. The average Bonchev–Trinajstić information content (AvgIpc) is 3.18. The van der Waals surface area contributed by atoms with Gasteiger partial charge < -0.3 is 10.0 Å². The van der Waals surface area contributed by atoms with Crippen LogP contribution in [0.25, 0.3) is 0 Å². The summed E-state index contributed by atoms with van der Waals surface area (Å²) in [6.45, 7) is 3.15. The molecule has 1 aliphatic carbocycles. The van der Waals surface area contributed by atoms with Crippen LogP contribution in [-0.2, 0) is 16.1 Å². The molecule has 128 valence electrons. The molecule has 0 bridgehead atoms. The van der Waals surface area contributed by atoms with Crippen LogP contribution in [-0.4, -0.2) is 52.5 Å². The van der Waals surface area contributed by atoms with Gasteiger partial charge in [0.2, 0.25) is 5.91 Å². The monoisotopic (exact) mass is 328 g/mol. The van der Waals surface area contributed by atoms with Crippen molar-refractivity contribution in [3.05, 3.63) is 35.4 Å². The third-order valence-corrected chi connectivity index (χ3v) is 5.66. The second-order valence-electron chi connectivity index (χ2n) is 7.44. The fourth-order valence-electron chi connectivity index (χ4n) is 4.17. The van der Waals surface area contributed by atoms with Crippen LogP contribution in [0, 0.1) is 5.92 Å². The van der Waals surface area contributed by atoms with Crippen LogP contribution in [0.1, 0.15) is 42.7 Å². The number of rotatable bonds is 5. The van der Waals surface area contributed by atoms with Crippen molar-refractivity contribution in [2.75, 3.05) is 19.6 Å². The number of carboxylic acids is 1. The molecule has 1 N–H and O–H groups in total. The first-order valence-corrected chi connectivity index (χ1v) is 8.94. The lowest BCUT2D eigenvalue weighted by molar-refractivity contribution is -0.141. The van der Waals surface area contributed by atoms with E-state index in [2.05, 4.69) is 29.2 Å². The van der Waals surface area contributed by atoms with E-state index in [-0.39, 0.29) is 18.4 Å². The highest BCUT2D eigenvalue weighted by Gasteiger charge is 2.40. The molecule has 24 heavy (non-hydrogen) atoms. The molecule has 5 heteroatoms. The molecule has 4 rings (SSSR count). The van der Waals surface area contributed by atoms with E-state index in [1.54, 1.807) is 0 Å². The minimum absolute atomic E-state index is 0.00707. The number of carbonyl (C=O) groups is 2. The lowest BCUT2D eigenvalue weighted by atomic mass is 10.0. The van der Waals surface area contributed by atoms with Crippen molar-refractivity contribution in [3.63, 3.8) is 0 Å². The van der Waals surface area contributed by atoms with Gasteiger partial charge in [-0.05, 0) is 36.3 Å². The molecule has 5 nitrogen and oxygen atoms in total. The van der Waals surface area contributed by atoms with E-state index >= 15 is 0 Å². The molecule has 1 amide bonds. The second kappa shape index (κ2) is 6.20. The zero-order valence-electron chi connectivity index (χ0n) is 13.9. The van der Waals surface area contributed by atoms with Crippen molar-refractivity contribution < 1.29 is 14.7 Å². The molecule has 2 saturated heterocycles. The molecular weight excluding hydrogens is 304 g/mol. The van der Waals surface area contributed by atoms with Gasteiger partial charge in [-0.1, -0.05) is 24.3 Å². The Bertz CT molecular complexity index is 656. The van der Waals surface area contributed by atoms with Gasteiger partial charge in [0.1, 0.15) is 0 Å². The number of nitrogens with zero attached hydrogens (tertiary/aromatic N) is 2. The zero-order valence-corrected chi connectivity index (χ0v) is 13.9. The molecule has 2 heterocycles. The minimum atomic E-state index is -0.848.